The molecule has 2 rings (SSSR count). The van der Waals surface area contributed by atoms with Gasteiger partial charge in [0.1, 0.15) is 0 Å². The van der Waals surface area contributed by atoms with Crippen LogP contribution in [0.5, 0.6) is 5.75 Å². The lowest BCUT2D eigenvalue weighted by atomic mass is 10.1. The van der Waals surface area contributed by atoms with Gasteiger partial charge in [-0.15, -0.1) is 13.2 Å². The summed E-state index contributed by atoms with van der Waals surface area (Å²) in [5, 5.41) is 3.16. The lowest BCUT2D eigenvalue weighted by molar-refractivity contribution is -0.274. The zero-order valence-corrected chi connectivity index (χ0v) is 10.1. The maximum absolute atomic E-state index is 12.3. The van der Waals surface area contributed by atoms with E-state index in [0.29, 0.717) is 11.6 Å². The Morgan fingerprint density at radius 3 is 2.56 bits per heavy atom. The summed E-state index contributed by atoms with van der Waals surface area (Å²) < 4.78 is 40.8. The average Bonchev–Trinajstić information content (AvgIpc) is 3.10. The Balaban J connectivity index is 2.11. The summed E-state index contributed by atoms with van der Waals surface area (Å²) in [4.78, 5) is 0. The van der Waals surface area contributed by atoms with Crippen LogP contribution in [0.15, 0.2) is 24.3 Å². The highest BCUT2D eigenvalue weighted by atomic mass is 19.4. The number of rotatable bonds is 5. The van der Waals surface area contributed by atoms with E-state index < -0.39 is 6.36 Å². The predicted molar refractivity (Wildman–Crippen MR) is 63.6 cm³/mol. The van der Waals surface area contributed by atoms with E-state index in [-0.39, 0.29) is 11.8 Å². The van der Waals surface area contributed by atoms with Crippen molar-refractivity contribution in [3.8, 4) is 5.75 Å². The molecule has 0 radical (unpaired) electrons. The van der Waals surface area contributed by atoms with Gasteiger partial charge < -0.3 is 10.1 Å². The Labute approximate surface area is 104 Å². The van der Waals surface area contributed by atoms with Crippen molar-refractivity contribution in [1.82, 2.24) is 0 Å². The number of anilines is 1. The molecule has 5 heteroatoms. The average molecular weight is 259 g/mol. The molecule has 1 aliphatic rings. The molecule has 1 aromatic carbocycles. The second-order valence-electron chi connectivity index (χ2n) is 4.54. The predicted octanol–water partition coefficient (Wildman–Crippen LogP) is 4.19. The summed E-state index contributed by atoms with van der Waals surface area (Å²) >= 11 is 0. The fourth-order valence-electron chi connectivity index (χ4n) is 2.05. The summed E-state index contributed by atoms with van der Waals surface area (Å²) in [5.41, 5.74) is 0.411. The van der Waals surface area contributed by atoms with Gasteiger partial charge in [-0.25, -0.2) is 0 Å². The fourth-order valence-corrected chi connectivity index (χ4v) is 2.05. The summed E-state index contributed by atoms with van der Waals surface area (Å²) in [5.74, 6) is 0.415. The Kier molecular flexibility index (Phi) is 3.68. The van der Waals surface area contributed by atoms with E-state index >= 15 is 0 Å². The van der Waals surface area contributed by atoms with Crippen LogP contribution in [0, 0.1) is 5.92 Å². The molecule has 0 saturated heterocycles. The van der Waals surface area contributed by atoms with E-state index in [1.807, 2.05) is 6.92 Å². The molecule has 0 aromatic heterocycles. The van der Waals surface area contributed by atoms with Crippen molar-refractivity contribution in [2.45, 2.75) is 38.6 Å². The first-order valence-corrected chi connectivity index (χ1v) is 6.11. The highest BCUT2D eigenvalue weighted by Gasteiger charge is 2.33. The summed E-state index contributed by atoms with van der Waals surface area (Å²) in [6.45, 7) is 2.03. The van der Waals surface area contributed by atoms with Crippen LogP contribution in [0.1, 0.15) is 26.2 Å². The lowest BCUT2D eigenvalue weighted by Crippen LogP contribution is -2.23. The number of hydrogen-bond donors (Lipinski definition) is 1. The molecule has 0 amide bonds. The molecule has 100 valence electrons. The van der Waals surface area contributed by atoms with Crippen LogP contribution in [-0.2, 0) is 0 Å². The first-order valence-electron chi connectivity index (χ1n) is 6.11. The molecule has 2 nitrogen and oxygen atoms in total. The smallest absolute Gasteiger partial charge is 0.404 e. The minimum atomic E-state index is -4.65. The molecular weight excluding hydrogens is 243 g/mol. The summed E-state index contributed by atoms with van der Waals surface area (Å²) in [6, 6.07) is 6.40. The molecule has 0 spiro atoms. The fraction of sp³-hybridized carbons (Fsp3) is 0.538. The van der Waals surface area contributed by atoms with Gasteiger partial charge in [0, 0.05) is 6.04 Å². The second kappa shape index (κ2) is 5.08. The van der Waals surface area contributed by atoms with Crippen molar-refractivity contribution in [3.05, 3.63) is 24.3 Å². The van der Waals surface area contributed by atoms with E-state index in [9.17, 15) is 13.2 Å². The minimum absolute atomic E-state index is 0.163. The van der Waals surface area contributed by atoms with E-state index in [2.05, 4.69) is 10.1 Å². The van der Waals surface area contributed by atoms with Gasteiger partial charge in [0.15, 0.2) is 5.75 Å². The van der Waals surface area contributed by atoms with Gasteiger partial charge in [-0.1, -0.05) is 19.1 Å². The molecule has 1 atom stereocenters. The van der Waals surface area contributed by atoms with Crippen molar-refractivity contribution in [3.63, 3.8) is 0 Å². The molecule has 1 fully saturated rings. The molecule has 0 aliphatic heterocycles. The quantitative estimate of drug-likeness (QED) is 0.856. The summed E-state index contributed by atoms with van der Waals surface area (Å²) in [6.07, 6.45) is -1.47. The Morgan fingerprint density at radius 2 is 2.00 bits per heavy atom. The molecule has 18 heavy (non-hydrogen) atoms. The molecule has 1 unspecified atom stereocenters. The molecule has 0 bridgehead atoms. The number of hydrogen-bond acceptors (Lipinski definition) is 2. The van der Waals surface area contributed by atoms with Gasteiger partial charge in [-0.05, 0) is 37.3 Å². The van der Waals surface area contributed by atoms with Crippen molar-refractivity contribution < 1.29 is 17.9 Å². The molecule has 0 heterocycles. The standard InChI is InChI=1S/C13H16F3NO/c1-2-10(9-7-8-9)17-11-5-3-4-6-12(11)18-13(14,15)16/h3-6,9-10,17H,2,7-8H2,1H3. The molecule has 1 N–H and O–H groups in total. The number of alkyl halides is 3. The van der Waals surface area contributed by atoms with Gasteiger partial charge >= 0.3 is 6.36 Å². The highest BCUT2D eigenvalue weighted by molar-refractivity contribution is 5.57. The number of nitrogens with one attached hydrogen (secondary N) is 1. The van der Waals surface area contributed by atoms with E-state index in [1.54, 1.807) is 12.1 Å². The van der Waals surface area contributed by atoms with Crippen molar-refractivity contribution in [2.75, 3.05) is 5.32 Å². The first kappa shape index (κ1) is 13.1. The molecule has 1 aromatic rings. The maximum atomic E-state index is 12.3. The van der Waals surface area contributed by atoms with Gasteiger partial charge in [-0.3, -0.25) is 0 Å². The highest BCUT2D eigenvalue weighted by Crippen LogP contribution is 2.38. The normalized spacial score (nSPS) is 17.3. The Bertz CT molecular complexity index is 401. The van der Waals surface area contributed by atoms with Crippen LogP contribution in [0.2, 0.25) is 0 Å². The third-order valence-electron chi connectivity index (χ3n) is 3.08. The van der Waals surface area contributed by atoms with Crippen LogP contribution in [0.25, 0.3) is 0 Å². The van der Waals surface area contributed by atoms with Gasteiger partial charge in [-0.2, -0.15) is 0 Å². The number of para-hydroxylation sites is 2. The monoisotopic (exact) mass is 259 g/mol. The third kappa shape index (κ3) is 3.55. The van der Waals surface area contributed by atoms with Crippen LogP contribution in [-0.4, -0.2) is 12.4 Å². The Morgan fingerprint density at radius 1 is 1.33 bits per heavy atom. The largest absolute Gasteiger partial charge is 0.573 e. The van der Waals surface area contributed by atoms with Gasteiger partial charge in [0.2, 0.25) is 0 Å². The van der Waals surface area contributed by atoms with Crippen LogP contribution in [0.3, 0.4) is 0 Å². The van der Waals surface area contributed by atoms with Crippen molar-refractivity contribution in [2.24, 2.45) is 5.92 Å². The minimum Gasteiger partial charge on any atom is -0.404 e. The van der Waals surface area contributed by atoms with Crippen molar-refractivity contribution in [1.29, 1.82) is 0 Å². The second-order valence-corrected chi connectivity index (χ2v) is 4.54. The van der Waals surface area contributed by atoms with Gasteiger partial charge in [0.05, 0.1) is 5.69 Å². The number of ether oxygens (including phenoxy) is 1. The van der Waals surface area contributed by atoms with Crippen LogP contribution < -0.4 is 10.1 Å². The van der Waals surface area contributed by atoms with Crippen LogP contribution in [0.4, 0.5) is 18.9 Å². The molecule has 1 saturated carbocycles. The molecular formula is C13H16F3NO. The lowest BCUT2D eigenvalue weighted by Gasteiger charge is -2.20. The third-order valence-corrected chi connectivity index (χ3v) is 3.08. The molecule has 1 aliphatic carbocycles. The zero-order chi connectivity index (χ0) is 13.2. The number of benzene rings is 1. The van der Waals surface area contributed by atoms with Crippen molar-refractivity contribution >= 4 is 5.69 Å². The maximum Gasteiger partial charge on any atom is 0.573 e. The summed E-state index contributed by atoms with van der Waals surface area (Å²) in [7, 11) is 0. The first-order chi connectivity index (χ1) is 8.49. The topological polar surface area (TPSA) is 21.3 Å². The van der Waals surface area contributed by atoms with Gasteiger partial charge in [0.25, 0.3) is 0 Å². The number of halogens is 3. The van der Waals surface area contributed by atoms with E-state index in [0.717, 1.165) is 19.3 Å². The Hall–Kier alpha value is -1.39. The van der Waals surface area contributed by atoms with Crippen LogP contribution >= 0.6 is 0 Å². The zero-order valence-electron chi connectivity index (χ0n) is 10.1. The van der Waals surface area contributed by atoms with E-state index in [4.69, 9.17) is 0 Å². The van der Waals surface area contributed by atoms with E-state index in [1.165, 1.54) is 12.1 Å². The SMILES string of the molecule is CCC(Nc1ccccc1OC(F)(F)F)C1CC1.